The van der Waals surface area contributed by atoms with Crippen molar-refractivity contribution in [1.29, 1.82) is 0 Å². The molecule has 64 valence electrons. The summed E-state index contributed by atoms with van der Waals surface area (Å²) in [4.78, 5) is 10.8. The van der Waals surface area contributed by atoms with E-state index in [9.17, 15) is 9.00 Å². The molecule has 0 aromatic heterocycles. The predicted octanol–water partition coefficient (Wildman–Crippen LogP) is 1.65. The first-order valence-electron chi connectivity index (χ1n) is 3.02. The molecule has 0 heterocycles. The van der Waals surface area contributed by atoms with Gasteiger partial charge in [0.15, 0.2) is 0 Å². The summed E-state index contributed by atoms with van der Waals surface area (Å²) in [5.74, 6) is -1.01. The molecule has 0 aliphatic rings. The van der Waals surface area contributed by atoms with E-state index in [0.29, 0.717) is 4.90 Å². The highest BCUT2D eigenvalue weighted by molar-refractivity contribution is 8.08. The van der Waals surface area contributed by atoms with Crippen LogP contribution in [0.2, 0.25) is 0 Å². The Bertz CT molecular complexity index is 287. The Morgan fingerprint density at radius 3 is 2.17 bits per heavy atom. The highest BCUT2D eigenvalue weighted by atomic mass is 35.7. The number of rotatable bonds is 2. The van der Waals surface area contributed by atoms with E-state index in [-0.39, 0.29) is 5.56 Å². The van der Waals surface area contributed by atoms with Crippen LogP contribution in [-0.2, 0) is 10.0 Å². The molecule has 0 radical (unpaired) electrons. The second-order valence-electron chi connectivity index (χ2n) is 2.05. The molecule has 0 aliphatic heterocycles. The van der Waals surface area contributed by atoms with Crippen LogP contribution in [0.15, 0.2) is 29.2 Å². The zero-order valence-corrected chi connectivity index (χ0v) is 7.43. The number of carboxylic acids is 1. The lowest BCUT2D eigenvalue weighted by molar-refractivity contribution is 0.0697. The van der Waals surface area contributed by atoms with Crippen molar-refractivity contribution in [1.82, 2.24) is 0 Å². The van der Waals surface area contributed by atoms with E-state index in [1.165, 1.54) is 24.3 Å². The van der Waals surface area contributed by atoms with Gasteiger partial charge in [0, 0.05) is 0 Å². The van der Waals surface area contributed by atoms with Crippen molar-refractivity contribution in [3.8, 4) is 0 Å². The first-order chi connectivity index (χ1) is 5.61. The number of halogens is 1. The largest absolute Gasteiger partial charge is 0.478 e. The van der Waals surface area contributed by atoms with Gasteiger partial charge in [-0.15, -0.1) is 0 Å². The monoisotopic (exact) mass is 204 g/mol. The van der Waals surface area contributed by atoms with Crippen LogP contribution >= 0.6 is 10.7 Å². The molecular formula is C7H5ClO3S. The molecule has 1 aromatic carbocycles. The lowest BCUT2D eigenvalue weighted by atomic mass is 10.2. The quantitative estimate of drug-likeness (QED) is 0.746. The van der Waals surface area contributed by atoms with Gasteiger partial charge < -0.3 is 5.11 Å². The standard InChI is InChI=1S/C7H5ClO3S/c8-12(11)6-3-1-5(2-4-6)7(9)10/h1-4H,(H,9,10). The second kappa shape index (κ2) is 3.69. The maximum absolute atomic E-state index is 10.7. The van der Waals surface area contributed by atoms with Gasteiger partial charge >= 0.3 is 5.97 Å². The number of carboxylic acid groups (broad SMARTS) is 1. The number of hydrogen-bond donors (Lipinski definition) is 1. The fourth-order valence-electron chi connectivity index (χ4n) is 0.705. The van der Waals surface area contributed by atoms with Crippen LogP contribution in [0.25, 0.3) is 0 Å². The Morgan fingerprint density at radius 1 is 1.33 bits per heavy atom. The Labute approximate surface area is 75.9 Å². The maximum atomic E-state index is 10.7. The third-order valence-corrected chi connectivity index (χ3v) is 2.46. The number of aromatic carboxylic acids is 1. The Morgan fingerprint density at radius 2 is 1.83 bits per heavy atom. The van der Waals surface area contributed by atoms with E-state index in [1.54, 1.807) is 0 Å². The first kappa shape index (κ1) is 9.22. The van der Waals surface area contributed by atoms with Gasteiger partial charge in [-0.05, 0) is 34.9 Å². The van der Waals surface area contributed by atoms with Gasteiger partial charge in [0.25, 0.3) is 0 Å². The summed E-state index contributed by atoms with van der Waals surface area (Å²) in [5, 5.41) is 8.51. The molecule has 0 aliphatic carbocycles. The molecule has 0 bridgehead atoms. The third kappa shape index (κ3) is 2.06. The molecule has 1 N–H and O–H groups in total. The topological polar surface area (TPSA) is 54.4 Å². The minimum atomic E-state index is -1.57. The number of benzene rings is 1. The highest BCUT2D eigenvalue weighted by Gasteiger charge is 2.03. The average molecular weight is 205 g/mol. The predicted molar refractivity (Wildman–Crippen MR) is 45.7 cm³/mol. The van der Waals surface area contributed by atoms with E-state index in [0.717, 1.165) is 0 Å². The van der Waals surface area contributed by atoms with Gasteiger partial charge in [-0.3, -0.25) is 0 Å². The number of hydrogen-bond acceptors (Lipinski definition) is 2. The van der Waals surface area contributed by atoms with Crippen molar-refractivity contribution in [2.75, 3.05) is 0 Å². The molecule has 0 amide bonds. The molecule has 1 aromatic rings. The van der Waals surface area contributed by atoms with Crippen molar-refractivity contribution in [2.24, 2.45) is 0 Å². The zero-order chi connectivity index (χ0) is 9.14. The molecule has 5 heteroatoms. The molecule has 0 spiro atoms. The lowest BCUT2D eigenvalue weighted by Gasteiger charge is -1.94. The highest BCUT2D eigenvalue weighted by Crippen LogP contribution is 2.10. The minimum Gasteiger partial charge on any atom is -0.478 e. The fraction of sp³-hybridized carbons (Fsp3) is 0. The summed E-state index contributed by atoms with van der Waals surface area (Å²) in [6.45, 7) is 0. The lowest BCUT2D eigenvalue weighted by Crippen LogP contribution is -1.95. The van der Waals surface area contributed by atoms with E-state index in [4.69, 9.17) is 15.8 Å². The summed E-state index contributed by atoms with van der Waals surface area (Å²) in [7, 11) is 3.69. The van der Waals surface area contributed by atoms with Crippen LogP contribution in [0, 0.1) is 0 Å². The summed E-state index contributed by atoms with van der Waals surface area (Å²) < 4.78 is 10.7. The number of carbonyl (C=O) groups is 1. The molecule has 0 fully saturated rings. The summed E-state index contributed by atoms with van der Waals surface area (Å²) in [5.41, 5.74) is 0.154. The summed E-state index contributed by atoms with van der Waals surface area (Å²) in [6, 6.07) is 5.56. The van der Waals surface area contributed by atoms with Gasteiger partial charge in [-0.25, -0.2) is 9.00 Å². The van der Waals surface area contributed by atoms with Crippen molar-refractivity contribution in [3.63, 3.8) is 0 Å². The van der Waals surface area contributed by atoms with Gasteiger partial charge in [0.05, 0.1) is 10.5 Å². The summed E-state index contributed by atoms with van der Waals surface area (Å²) >= 11 is 0. The van der Waals surface area contributed by atoms with Crippen LogP contribution < -0.4 is 0 Å². The summed E-state index contributed by atoms with van der Waals surface area (Å²) in [6.07, 6.45) is 0. The van der Waals surface area contributed by atoms with Crippen molar-refractivity contribution < 1.29 is 14.1 Å². The molecule has 3 nitrogen and oxygen atoms in total. The normalized spacial score (nSPS) is 12.4. The molecule has 1 atom stereocenters. The van der Waals surface area contributed by atoms with Crippen LogP contribution in [0.4, 0.5) is 0 Å². The molecule has 12 heavy (non-hydrogen) atoms. The van der Waals surface area contributed by atoms with E-state index in [1.807, 2.05) is 0 Å². The molecule has 0 saturated carbocycles. The zero-order valence-electron chi connectivity index (χ0n) is 5.86. The molecule has 0 saturated heterocycles. The first-order valence-corrected chi connectivity index (χ1v) is 5.00. The third-order valence-electron chi connectivity index (χ3n) is 1.29. The van der Waals surface area contributed by atoms with Gasteiger partial charge in [0.2, 0.25) is 0 Å². The molecular weight excluding hydrogens is 200 g/mol. The van der Waals surface area contributed by atoms with Gasteiger partial charge in [-0.1, -0.05) is 0 Å². The Kier molecular flexibility index (Phi) is 2.83. The van der Waals surface area contributed by atoms with Crippen molar-refractivity contribution >= 4 is 26.7 Å². The van der Waals surface area contributed by atoms with E-state index in [2.05, 4.69) is 0 Å². The van der Waals surface area contributed by atoms with Crippen LogP contribution in [0.5, 0.6) is 0 Å². The fourth-order valence-corrected chi connectivity index (χ4v) is 1.36. The molecule has 1 rings (SSSR count). The smallest absolute Gasteiger partial charge is 0.335 e. The Hall–Kier alpha value is -0.870. The van der Waals surface area contributed by atoms with E-state index < -0.39 is 16.0 Å². The second-order valence-corrected chi connectivity index (χ2v) is 3.81. The van der Waals surface area contributed by atoms with Crippen molar-refractivity contribution in [3.05, 3.63) is 29.8 Å². The average Bonchev–Trinajstić information content (AvgIpc) is 2.04. The SMILES string of the molecule is O=C(O)c1ccc(S(=O)Cl)cc1. The van der Waals surface area contributed by atoms with Crippen LogP contribution in [0.3, 0.4) is 0 Å². The minimum absolute atomic E-state index is 0.154. The van der Waals surface area contributed by atoms with Crippen LogP contribution in [-0.4, -0.2) is 15.3 Å². The van der Waals surface area contributed by atoms with E-state index >= 15 is 0 Å². The van der Waals surface area contributed by atoms with Crippen LogP contribution in [0.1, 0.15) is 10.4 Å². The molecule has 1 unspecified atom stereocenters. The Balaban J connectivity index is 3.01. The van der Waals surface area contributed by atoms with Gasteiger partial charge in [-0.2, -0.15) is 0 Å². The maximum Gasteiger partial charge on any atom is 0.335 e. The van der Waals surface area contributed by atoms with Gasteiger partial charge in [0.1, 0.15) is 10.0 Å². The van der Waals surface area contributed by atoms with Crippen molar-refractivity contribution in [2.45, 2.75) is 4.90 Å².